The molecule has 0 amide bonds. The minimum Gasteiger partial charge on any atom is -0.296 e. The van der Waals surface area contributed by atoms with E-state index in [9.17, 15) is 18.0 Å². The molecule has 0 fully saturated rings. The van der Waals surface area contributed by atoms with Gasteiger partial charge in [-0.25, -0.2) is 18.2 Å². The number of hydrogen-bond acceptors (Lipinski definition) is 2. The summed E-state index contributed by atoms with van der Waals surface area (Å²) in [5, 5.41) is 0. The zero-order valence-electron chi connectivity index (χ0n) is 6.10. The summed E-state index contributed by atoms with van der Waals surface area (Å²) in [6.07, 6.45) is -1.79. The van der Waals surface area contributed by atoms with Crippen LogP contribution in [0, 0.1) is 9.39 Å². The summed E-state index contributed by atoms with van der Waals surface area (Å²) in [7, 11) is 0. The van der Waals surface area contributed by atoms with Crippen LogP contribution in [-0.2, 0) is 0 Å². The number of halogens is 4. The molecule has 70 valence electrons. The number of aldehydes is 1. The molecule has 1 rings (SSSR count). The predicted octanol–water partition coefficient (Wildman–Crippen LogP) is 2.58. The number of hydrogen-bond donors (Lipinski definition) is 0. The Morgan fingerprint density at radius 3 is 2.62 bits per heavy atom. The molecule has 0 aliphatic rings. The van der Waals surface area contributed by atoms with Crippen molar-refractivity contribution in [3.05, 3.63) is 26.8 Å². The van der Waals surface area contributed by atoms with E-state index in [0.29, 0.717) is 0 Å². The van der Waals surface area contributed by atoms with Crippen molar-refractivity contribution in [2.45, 2.75) is 6.43 Å². The van der Waals surface area contributed by atoms with Crippen molar-refractivity contribution in [2.24, 2.45) is 0 Å². The summed E-state index contributed by atoms with van der Waals surface area (Å²) in [6.45, 7) is 0. The van der Waals surface area contributed by atoms with Gasteiger partial charge in [-0.1, -0.05) is 0 Å². The van der Waals surface area contributed by atoms with Crippen molar-refractivity contribution in [2.75, 3.05) is 0 Å². The number of carbonyl (C=O) groups is 1. The van der Waals surface area contributed by atoms with Gasteiger partial charge in [0.15, 0.2) is 12.1 Å². The summed E-state index contributed by atoms with van der Waals surface area (Å²) in [5.74, 6) is -0.992. The van der Waals surface area contributed by atoms with Crippen molar-refractivity contribution in [3.8, 4) is 0 Å². The maximum Gasteiger partial charge on any atom is 0.266 e. The quantitative estimate of drug-likeness (QED) is 0.621. The van der Waals surface area contributed by atoms with Crippen LogP contribution in [0.1, 0.15) is 22.5 Å². The van der Waals surface area contributed by atoms with Crippen molar-refractivity contribution in [3.63, 3.8) is 0 Å². The van der Waals surface area contributed by atoms with E-state index in [0.717, 1.165) is 6.20 Å². The Morgan fingerprint density at radius 2 is 2.15 bits per heavy atom. The molecular formula is C7H3F3INO. The molecule has 0 aliphatic carbocycles. The minimum absolute atomic E-state index is 0.187. The van der Waals surface area contributed by atoms with Crippen molar-refractivity contribution >= 4 is 28.9 Å². The number of nitrogens with zero attached hydrogens (tertiary/aromatic N) is 1. The van der Waals surface area contributed by atoms with Crippen LogP contribution in [-0.4, -0.2) is 11.3 Å². The number of aromatic nitrogens is 1. The molecule has 0 atom stereocenters. The number of rotatable bonds is 2. The fourth-order valence-electron chi connectivity index (χ4n) is 0.726. The highest BCUT2D eigenvalue weighted by Gasteiger charge is 2.18. The zero-order chi connectivity index (χ0) is 10.0. The van der Waals surface area contributed by atoms with E-state index in [-0.39, 0.29) is 9.86 Å². The molecule has 1 heterocycles. The van der Waals surface area contributed by atoms with Crippen LogP contribution in [0.5, 0.6) is 0 Å². The molecule has 0 aliphatic heterocycles. The maximum absolute atomic E-state index is 13.0. The summed E-state index contributed by atoms with van der Waals surface area (Å²) in [6, 6.07) is 0. The van der Waals surface area contributed by atoms with Crippen LogP contribution in [0.4, 0.5) is 13.2 Å². The molecule has 0 spiro atoms. The van der Waals surface area contributed by atoms with Gasteiger partial charge in [0, 0.05) is 6.20 Å². The number of pyridine rings is 1. The molecule has 13 heavy (non-hydrogen) atoms. The second kappa shape index (κ2) is 4.03. The first-order chi connectivity index (χ1) is 6.07. The first kappa shape index (κ1) is 10.4. The van der Waals surface area contributed by atoms with Gasteiger partial charge in [-0.3, -0.25) is 4.79 Å². The van der Waals surface area contributed by atoms with Crippen LogP contribution in [0.2, 0.25) is 0 Å². The van der Waals surface area contributed by atoms with Gasteiger partial charge < -0.3 is 0 Å². The summed E-state index contributed by atoms with van der Waals surface area (Å²) in [5.41, 5.74) is -0.947. The molecule has 0 unspecified atom stereocenters. The molecular weight excluding hydrogens is 298 g/mol. The van der Waals surface area contributed by atoms with Crippen LogP contribution in [0.3, 0.4) is 0 Å². The van der Waals surface area contributed by atoms with Crippen molar-refractivity contribution in [1.29, 1.82) is 0 Å². The third kappa shape index (κ3) is 1.98. The molecule has 0 saturated carbocycles. The van der Waals surface area contributed by atoms with E-state index in [4.69, 9.17) is 0 Å². The minimum atomic E-state index is -2.78. The molecule has 0 bridgehead atoms. The molecule has 2 nitrogen and oxygen atoms in total. The lowest BCUT2D eigenvalue weighted by molar-refractivity contribution is 0.111. The molecule has 0 aromatic carbocycles. The van der Waals surface area contributed by atoms with Gasteiger partial charge in [0.1, 0.15) is 5.69 Å². The van der Waals surface area contributed by atoms with Gasteiger partial charge in [0.05, 0.1) is 9.13 Å². The Hall–Kier alpha value is -0.660. The molecule has 0 radical (unpaired) electrons. The van der Waals surface area contributed by atoms with Gasteiger partial charge >= 0.3 is 0 Å². The first-order valence-corrected chi connectivity index (χ1v) is 4.23. The van der Waals surface area contributed by atoms with Gasteiger partial charge in [0.2, 0.25) is 0 Å². The average molecular weight is 301 g/mol. The van der Waals surface area contributed by atoms with E-state index >= 15 is 0 Å². The SMILES string of the molecule is O=Cc1ncc(C(F)F)c(I)c1F. The lowest BCUT2D eigenvalue weighted by Crippen LogP contribution is -2.01. The zero-order valence-corrected chi connectivity index (χ0v) is 8.26. The summed E-state index contributed by atoms with van der Waals surface area (Å²) < 4.78 is 37.0. The molecule has 0 N–H and O–H groups in total. The fraction of sp³-hybridized carbons (Fsp3) is 0.143. The third-order valence-electron chi connectivity index (χ3n) is 1.36. The normalized spacial score (nSPS) is 10.5. The van der Waals surface area contributed by atoms with E-state index in [1.54, 1.807) is 0 Å². The van der Waals surface area contributed by atoms with E-state index in [2.05, 4.69) is 4.98 Å². The van der Waals surface area contributed by atoms with Crippen LogP contribution >= 0.6 is 22.6 Å². The van der Waals surface area contributed by atoms with Crippen LogP contribution in [0.25, 0.3) is 0 Å². The smallest absolute Gasteiger partial charge is 0.266 e. The van der Waals surface area contributed by atoms with Crippen LogP contribution in [0.15, 0.2) is 6.20 Å². The van der Waals surface area contributed by atoms with Gasteiger partial charge in [0.25, 0.3) is 6.43 Å². The first-order valence-electron chi connectivity index (χ1n) is 3.15. The number of carbonyl (C=O) groups excluding carboxylic acids is 1. The topological polar surface area (TPSA) is 30.0 Å². The largest absolute Gasteiger partial charge is 0.296 e. The van der Waals surface area contributed by atoms with Crippen molar-refractivity contribution in [1.82, 2.24) is 4.98 Å². The van der Waals surface area contributed by atoms with Gasteiger partial charge in [-0.15, -0.1) is 0 Å². The van der Waals surface area contributed by atoms with E-state index in [1.165, 1.54) is 22.6 Å². The van der Waals surface area contributed by atoms with Gasteiger partial charge in [-0.2, -0.15) is 0 Å². The van der Waals surface area contributed by atoms with E-state index < -0.39 is 23.5 Å². The standard InChI is InChI=1S/C7H3F3INO/c8-5-4(2-13)12-1-3(6(5)11)7(9)10/h1-2,7H. The van der Waals surface area contributed by atoms with Crippen LogP contribution < -0.4 is 0 Å². The second-order valence-electron chi connectivity index (χ2n) is 2.15. The summed E-state index contributed by atoms with van der Waals surface area (Å²) >= 11 is 1.42. The maximum atomic E-state index is 13.0. The monoisotopic (exact) mass is 301 g/mol. The van der Waals surface area contributed by atoms with Crippen molar-refractivity contribution < 1.29 is 18.0 Å². The highest BCUT2D eigenvalue weighted by Crippen LogP contribution is 2.26. The van der Waals surface area contributed by atoms with E-state index in [1.807, 2.05) is 0 Å². The predicted molar refractivity (Wildman–Crippen MR) is 47.3 cm³/mol. The molecule has 1 aromatic heterocycles. The lowest BCUT2D eigenvalue weighted by Gasteiger charge is -2.03. The highest BCUT2D eigenvalue weighted by molar-refractivity contribution is 14.1. The Bertz CT molecular complexity index is 343. The molecule has 1 aromatic rings. The fourth-order valence-corrected chi connectivity index (χ4v) is 1.38. The Kier molecular flexibility index (Phi) is 3.23. The lowest BCUT2D eigenvalue weighted by atomic mass is 10.2. The average Bonchev–Trinajstić information content (AvgIpc) is 2.09. The van der Waals surface area contributed by atoms with Gasteiger partial charge in [-0.05, 0) is 22.6 Å². The Balaban J connectivity index is 3.31. The highest BCUT2D eigenvalue weighted by atomic mass is 127. The summed E-state index contributed by atoms with van der Waals surface area (Å²) in [4.78, 5) is 13.4. The second-order valence-corrected chi connectivity index (χ2v) is 3.22. The molecule has 6 heteroatoms. The molecule has 0 saturated heterocycles. The Labute approximate surface area is 85.3 Å². The Morgan fingerprint density at radius 1 is 1.54 bits per heavy atom. The third-order valence-corrected chi connectivity index (χ3v) is 2.46. The number of alkyl halides is 2.